The van der Waals surface area contributed by atoms with Gasteiger partial charge in [-0.15, -0.1) is 11.6 Å². The highest BCUT2D eigenvalue weighted by molar-refractivity contribution is 7.89. The molecule has 1 rings (SSSR count). The van der Waals surface area contributed by atoms with Crippen LogP contribution in [-0.2, 0) is 14.8 Å². The Morgan fingerprint density at radius 3 is 2.81 bits per heavy atom. The monoisotopic (exact) mass is 267 g/mol. The van der Waals surface area contributed by atoms with E-state index in [-0.39, 0.29) is 17.4 Å². The normalized spacial score (nSPS) is 13.9. The summed E-state index contributed by atoms with van der Waals surface area (Å²) in [6.45, 7) is 1.85. The van der Waals surface area contributed by atoms with E-state index in [4.69, 9.17) is 16.3 Å². The number of halogens is 1. The molecule has 1 aromatic heterocycles. The lowest BCUT2D eigenvalue weighted by molar-refractivity contribution is 0.181. The van der Waals surface area contributed by atoms with Crippen molar-refractivity contribution in [2.75, 3.05) is 19.6 Å². The zero-order chi connectivity index (χ0) is 12.2. The number of aromatic nitrogens is 2. The van der Waals surface area contributed by atoms with Gasteiger partial charge in [-0.25, -0.2) is 13.1 Å². The molecule has 6 nitrogen and oxygen atoms in total. The summed E-state index contributed by atoms with van der Waals surface area (Å²) in [6, 6.07) is -0.453. The first-order valence-corrected chi connectivity index (χ1v) is 6.60. The van der Waals surface area contributed by atoms with Gasteiger partial charge in [-0.1, -0.05) is 0 Å². The number of H-pyrrole nitrogens is 1. The SMILES string of the molecule is COCC(CCl)NS(=O)(=O)c1cn[nH]c1C. The third-order valence-electron chi connectivity index (χ3n) is 1.95. The minimum Gasteiger partial charge on any atom is -0.383 e. The number of alkyl halides is 1. The summed E-state index contributed by atoms with van der Waals surface area (Å²) in [5, 5.41) is 6.22. The maximum Gasteiger partial charge on any atom is 0.244 e. The molecule has 0 radical (unpaired) electrons. The van der Waals surface area contributed by atoms with Crippen LogP contribution in [0.4, 0.5) is 0 Å². The molecule has 16 heavy (non-hydrogen) atoms. The molecule has 0 spiro atoms. The number of nitrogens with zero attached hydrogens (tertiary/aromatic N) is 1. The van der Waals surface area contributed by atoms with Crippen molar-refractivity contribution in [2.24, 2.45) is 0 Å². The lowest BCUT2D eigenvalue weighted by Crippen LogP contribution is -2.39. The molecular formula is C8H14ClN3O3S. The van der Waals surface area contributed by atoms with Crippen LogP contribution in [0.25, 0.3) is 0 Å². The standard InChI is InChI=1S/C8H14ClN3O3S/c1-6-8(4-10-11-6)16(13,14)12-7(3-9)5-15-2/h4,7,12H,3,5H2,1-2H3,(H,10,11). The molecule has 92 valence electrons. The van der Waals surface area contributed by atoms with Crippen LogP contribution in [0, 0.1) is 6.92 Å². The molecule has 1 unspecified atom stereocenters. The molecule has 0 aromatic carbocycles. The van der Waals surface area contributed by atoms with E-state index < -0.39 is 16.1 Å². The molecule has 1 atom stereocenters. The summed E-state index contributed by atoms with van der Waals surface area (Å²) in [5.41, 5.74) is 0.484. The van der Waals surface area contributed by atoms with Crippen LogP contribution in [-0.4, -0.2) is 44.3 Å². The number of nitrogens with one attached hydrogen (secondary N) is 2. The van der Waals surface area contributed by atoms with Crippen molar-refractivity contribution in [3.05, 3.63) is 11.9 Å². The Bertz CT molecular complexity index is 431. The van der Waals surface area contributed by atoms with E-state index in [9.17, 15) is 8.42 Å². The van der Waals surface area contributed by atoms with E-state index >= 15 is 0 Å². The second-order valence-electron chi connectivity index (χ2n) is 3.29. The smallest absolute Gasteiger partial charge is 0.244 e. The van der Waals surface area contributed by atoms with Crippen LogP contribution >= 0.6 is 11.6 Å². The van der Waals surface area contributed by atoms with Gasteiger partial charge in [0.05, 0.1) is 24.5 Å². The number of sulfonamides is 1. The van der Waals surface area contributed by atoms with Gasteiger partial charge in [-0.3, -0.25) is 5.10 Å². The lowest BCUT2D eigenvalue weighted by Gasteiger charge is -2.14. The molecule has 8 heteroatoms. The summed E-state index contributed by atoms with van der Waals surface area (Å²) >= 11 is 5.62. The highest BCUT2D eigenvalue weighted by atomic mass is 35.5. The molecule has 0 aliphatic carbocycles. The Labute approximate surface area is 99.4 Å². The minimum atomic E-state index is -3.59. The van der Waals surface area contributed by atoms with Gasteiger partial charge in [0.1, 0.15) is 4.90 Å². The molecule has 1 heterocycles. The fourth-order valence-electron chi connectivity index (χ4n) is 1.20. The van der Waals surface area contributed by atoms with E-state index in [1.165, 1.54) is 13.3 Å². The molecule has 0 amide bonds. The largest absolute Gasteiger partial charge is 0.383 e. The van der Waals surface area contributed by atoms with Gasteiger partial charge in [0.2, 0.25) is 10.0 Å². The van der Waals surface area contributed by atoms with Crippen LogP contribution < -0.4 is 4.72 Å². The number of aryl methyl sites for hydroxylation is 1. The molecule has 0 aliphatic rings. The van der Waals surface area contributed by atoms with E-state index in [0.29, 0.717) is 5.69 Å². The topological polar surface area (TPSA) is 84.1 Å². The zero-order valence-corrected chi connectivity index (χ0v) is 10.6. The summed E-state index contributed by atoms with van der Waals surface area (Å²) in [5.74, 6) is 0.143. The third kappa shape index (κ3) is 3.18. The Morgan fingerprint density at radius 2 is 2.38 bits per heavy atom. The van der Waals surface area contributed by atoms with E-state index in [2.05, 4.69) is 14.9 Å². The molecule has 0 bridgehead atoms. The first kappa shape index (κ1) is 13.4. The summed E-state index contributed by atoms with van der Waals surface area (Å²) in [4.78, 5) is 0.124. The Balaban J connectivity index is 2.83. The molecule has 1 aromatic rings. The van der Waals surface area contributed by atoms with Crippen molar-refractivity contribution < 1.29 is 13.2 Å². The Hall–Kier alpha value is -0.630. The van der Waals surface area contributed by atoms with Crippen molar-refractivity contribution in [1.82, 2.24) is 14.9 Å². The zero-order valence-electron chi connectivity index (χ0n) is 9.03. The summed E-state index contributed by atoms with van der Waals surface area (Å²) in [6.07, 6.45) is 1.26. The van der Waals surface area contributed by atoms with Crippen LogP contribution in [0.1, 0.15) is 5.69 Å². The van der Waals surface area contributed by atoms with Crippen molar-refractivity contribution in [3.63, 3.8) is 0 Å². The maximum absolute atomic E-state index is 11.9. The van der Waals surface area contributed by atoms with Gasteiger partial charge in [-0.2, -0.15) is 5.10 Å². The lowest BCUT2D eigenvalue weighted by atomic mass is 10.4. The number of ether oxygens (including phenoxy) is 1. The quantitative estimate of drug-likeness (QED) is 0.724. The minimum absolute atomic E-state index is 0.124. The highest BCUT2D eigenvalue weighted by Crippen LogP contribution is 2.11. The fourth-order valence-corrected chi connectivity index (χ4v) is 2.82. The highest BCUT2D eigenvalue weighted by Gasteiger charge is 2.22. The number of aromatic amines is 1. The van der Waals surface area contributed by atoms with Crippen molar-refractivity contribution in [1.29, 1.82) is 0 Å². The second-order valence-corrected chi connectivity index (χ2v) is 5.28. The molecule has 0 aliphatic heterocycles. The average molecular weight is 268 g/mol. The predicted molar refractivity (Wildman–Crippen MR) is 60.0 cm³/mol. The van der Waals surface area contributed by atoms with Gasteiger partial charge in [0, 0.05) is 13.0 Å². The second kappa shape index (κ2) is 5.62. The number of hydrogen-bond donors (Lipinski definition) is 2. The van der Waals surface area contributed by atoms with Crippen molar-refractivity contribution >= 4 is 21.6 Å². The average Bonchev–Trinajstić information content (AvgIpc) is 2.64. The third-order valence-corrected chi connectivity index (χ3v) is 3.96. The predicted octanol–water partition coefficient (Wildman–Crippen LogP) is 0.250. The van der Waals surface area contributed by atoms with Crippen LogP contribution in [0.15, 0.2) is 11.1 Å². The molecule has 0 fully saturated rings. The van der Waals surface area contributed by atoms with Gasteiger partial charge in [0.15, 0.2) is 0 Å². The Kier molecular flexibility index (Phi) is 4.72. The van der Waals surface area contributed by atoms with Crippen LogP contribution in [0.5, 0.6) is 0 Å². The van der Waals surface area contributed by atoms with E-state index in [0.717, 1.165) is 0 Å². The van der Waals surface area contributed by atoms with Crippen LogP contribution in [0.3, 0.4) is 0 Å². The van der Waals surface area contributed by atoms with Crippen molar-refractivity contribution in [3.8, 4) is 0 Å². The van der Waals surface area contributed by atoms with Crippen molar-refractivity contribution in [2.45, 2.75) is 17.9 Å². The van der Waals surface area contributed by atoms with Gasteiger partial charge < -0.3 is 4.74 Å². The Morgan fingerprint density at radius 1 is 1.69 bits per heavy atom. The fraction of sp³-hybridized carbons (Fsp3) is 0.625. The van der Waals surface area contributed by atoms with Gasteiger partial charge in [0.25, 0.3) is 0 Å². The first-order chi connectivity index (χ1) is 7.51. The molecule has 2 N–H and O–H groups in total. The maximum atomic E-state index is 11.9. The molecular weight excluding hydrogens is 254 g/mol. The summed E-state index contributed by atoms with van der Waals surface area (Å²) < 4.78 is 31.0. The first-order valence-electron chi connectivity index (χ1n) is 4.58. The van der Waals surface area contributed by atoms with E-state index in [1.807, 2.05) is 0 Å². The summed E-state index contributed by atoms with van der Waals surface area (Å²) in [7, 11) is -2.11. The van der Waals surface area contributed by atoms with Gasteiger partial charge >= 0.3 is 0 Å². The number of hydrogen-bond acceptors (Lipinski definition) is 4. The van der Waals surface area contributed by atoms with Gasteiger partial charge in [-0.05, 0) is 6.92 Å². The van der Waals surface area contributed by atoms with Crippen LogP contribution in [0.2, 0.25) is 0 Å². The molecule has 0 saturated heterocycles. The number of methoxy groups -OCH3 is 1. The van der Waals surface area contributed by atoms with E-state index in [1.54, 1.807) is 6.92 Å². The molecule has 0 saturated carbocycles. The number of rotatable bonds is 6.